The van der Waals surface area contributed by atoms with Crippen molar-refractivity contribution < 1.29 is 14.6 Å². The monoisotopic (exact) mass is 367 g/mol. The average Bonchev–Trinajstić information content (AvgIpc) is 3.05. The number of aliphatic hydroxyl groups is 1. The average molecular weight is 367 g/mol. The Bertz CT molecular complexity index is 793. The Hall–Kier alpha value is -2.04. The van der Waals surface area contributed by atoms with E-state index in [4.69, 9.17) is 9.47 Å². The van der Waals surface area contributed by atoms with Gasteiger partial charge in [0.15, 0.2) is 11.5 Å². The lowest BCUT2D eigenvalue weighted by Gasteiger charge is -2.49. The van der Waals surface area contributed by atoms with E-state index in [9.17, 15) is 5.11 Å². The second-order valence-corrected chi connectivity index (χ2v) is 7.95. The maximum Gasteiger partial charge on any atom is 0.161 e. The van der Waals surface area contributed by atoms with E-state index in [-0.39, 0.29) is 17.4 Å². The number of ether oxygens (including phenoxy) is 2. The number of aliphatic hydroxyl groups excluding tert-OH is 1. The highest BCUT2D eigenvalue weighted by Crippen LogP contribution is 2.56. The van der Waals surface area contributed by atoms with Crippen LogP contribution in [0.1, 0.15) is 36.3 Å². The van der Waals surface area contributed by atoms with E-state index < -0.39 is 0 Å². The highest BCUT2D eigenvalue weighted by Gasteiger charge is 2.56. The Morgan fingerprint density at radius 3 is 2.44 bits per heavy atom. The summed E-state index contributed by atoms with van der Waals surface area (Å²) in [6.45, 7) is 1.04. The molecule has 0 amide bonds. The van der Waals surface area contributed by atoms with Crippen molar-refractivity contribution in [1.29, 1.82) is 0 Å². The summed E-state index contributed by atoms with van der Waals surface area (Å²) in [6.07, 6.45) is 2.42. The molecule has 2 aromatic rings. The standard InChI is InChI=1S/C23H29NO3/c1-24-12-11-23(17-9-10-20(26-2)21(13-17)27-3)19(14-18(25)15-22(23)24)16-7-5-4-6-8-16/h4-10,13,18-19,22,25H,11-12,14-15H2,1-3H3/t18-,19?,22+,23+/m1/s1. The molecule has 4 rings (SSSR count). The van der Waals surface area contributed by atoms with Crippen LogP contribution < -0.4 is 9.47 Å². The number of benzene rings is 2. The molecule has 1 saturated heterocycles. The minimum atomic E-state index is -0.269. The predicted molar refractivity (Wildman–Crippen MR) is 107 cm³/mol. The molecule has 4 heteroatoms. The molecular formula is C23H29NO3. The molecule has 2 aliphatic rings. The normalized spacial score (nSPS) is 30.7. The summed E-state index contributed by atoms with van der Waals surface area (Å²) in [4.78, 5) is 2.43. The van der Waals surface area contributed by atoms with Crippen molar-refractivity contribution in [3.05, 3.63) is 59.7 Å². The van der Waals surface area contributed by atoms with Crippen molar-refractivity contribution in [3.63, 3.8) is 0 Å². The molecule has 1 N–H and O–H groups in total. The van der Waals surface area contributed by atoms with Gasteiger partial charge in [-0.05, 0) is 62.0 Å². The Balaban J connectivity index is 1.88. The summed E-state index contributed by atoms with van der Waals surface area (Å²) >= 11 is 0. The number of rotatable bonds is 4. The molecule has 2 aromatic carbocycles. The van der Waals surface area contributed by atoms with Crippen molar-refractivity contribution in [3.8, 4) is 11.5 Å². The first-order chi connectivity index (χ1) is 13.1. The van der Waals surface area contributed by atoms with Gasteiger partial charge in [-0.1, -0.05) is 36.4 Å². The summed E-state index contributed by atoms with van der Waals surface area (Å²) in [6, 6.07) is 17.4. The maximum absolute atomic E-state index is 10.7. The van der Waals surface area contributed by atoms with Crippen molar-refractivity contribution >= 4 is 0 Å². The van der Waals surface area contributed by atoms with Crippen LogP contribution in [-0.2, 0) is 5.41 Å². The van der Waals surface area contributed by atoms with Gasteiger partial charge in [0.25, 0.3) is 0 Å². The molecule has 1 saturated carbocycles. The van der Waals surface area contributed by atoms with Crippen molar-refractivity contribution in [2.24, 2.45) is 0 Å². The fourth-order valence-electron chi connectivity index (χ4n) is 5.49. The summed E-state index contributed by atoms with van der Waals surface area (Å²) in [5.74, 6) is 1.80. The quantitative estimate of drug-likeness (QED) is 0.897. The first kappa shape index (κ1) is 18.3. The lowest BCUT2D eigenvalue weighted by molar-refractivity contribution is 0.0412. The summed E-state index contributed by atoms with van der Waals surface area (Å²) in [5.41, 5.74) is 2.57. The van der Waals surface area contributed by atoms with E-state index in [1.54, 1.807) is 14.2 Å². The highest BCUT2D eigenvalue weighted by molar-refractivity contribution is 5.48. The van der Waals surface area contributed by atoms with Crippen LogP contribution in [0.5, 0.6) is 11.5 Å². The molecule has 4 atom stereocenters. The molecule has 27 heavy (non-hydrogen) atoms. The maximum atomic E-state index is 10.7. The molecule has 0 bridgehead atoms. The number of nitrogens with zero attached hydrogens (tertiary/aromatic N) is 1. The minimum absolute atomic E-state index is 0.0329. The zero-order valence-corrected chi connectivity index (χ0v) is 16.4. The number of hydrogen-bond acceptors (Lipinski definition) is 4. The number of hydrogen-bond donors (Lipinski definition) is 1. The van der Waals surface area contributed by atoms with Crippen LogP contribution in [0.15, 0.2) is 48.5 Å². The van der Waals surface area contributed by atoms with Gasteiger partial charge in [-0.2, -0.15) is 0 Å². The van der Waals surface area contributed by atoms with Crippen LogP contribution in [-0.4, -0.2) is 50.0 Å². The van der Waals surface area contributed by atoms with Gasteiger partial charge in [-0.15, -0.1) is 0 Å². The van der Waals surface area contributed by atoms with Crippen molar-refractivity contribution in [2.75, 3.05) is 27.8 Å². The van der Waals surface area contributed by atoms with E-state index in [0.29, 0.717) is 6.04 Å². The summed E-state index contributed by atoms with van der Waals surface area (Å²) in [7, 11) is 5.55. The molecule has 1 unspecified atom stereocenters. The summed E-state index contributed by atoms with van der Waals surface area (Å²) < 4.78 is 11.1. The van der Waals surface area contributed by atoms with E-state index in [2.05, 4.69) is 54.4 Å². The molecular weight excluding hydrogens is 338 g/mol. The van der Waals surface area contributed by atoms with E-state index in [0.717, 1.165) is 37.3 Å². The highest BCUT2D eigenvalue weighted by atomic mass is 16.5. The molecule has 1 aliphatic heterocycles. The van der Waals surface area contributed by atoms with E-state index >= 15 is 0 Å². The third kappa shape index (κ3) is 2.91. The van der Waals surface area contributed by atoms with Gasteiger partial charge >= 0.3 is 0 Å². The van der Waals surface area contributed by atoms with Crippen molar-refractivity contribution in [1.82, 2.24) is 4.90 Å². The molecule has 0 spiro atoms. The van der Waals surface area contributed by atoms with Crippen LogP contribution in [0.4, 0.5) is 0 Å². The van der Waals surface area contributed by atoms with Gasteiger partial charge in [0, 0.05) is 11.5 Å². The lowest BCUT2D eigenvalue weighted by Crippen LogP contribution is -2.51. The van der Waals surface area contributed by atoms with Gasteiger partial charge < -0.3 is 19.5 Å². The number of methoxy groups -OCH3 is 2. The first-order valence-electron chi connectivity index (χ1n) is 9.76. The Kier molecular flexibility index (Phi) is 4.87. The summed E-state index contributed by atoms with van der Waals surface area (Å²) in [5, 5.41) is 10.7. The van der Waals surface area contributed by atoms with Crippen LogP contribution in [0.25, 0.3) is 0 Å². The molecule has 1 heterocycles. The van der Waals surface area contributed by atoms with E-state index in [1.165, 1.54) is 11.1 Å². The number of likely N-dealkylation sites (tertiary alicyclic amines) is 1. The fraction of sp³-hybridized carbons (Fsp3) is 0.478. The van der Waals surface area contributed by atoms with Crippen LogP contribution in [0.2, 0.25) is 0 Å². The topological polar surface area (TPSA) is 41.9 Å². The van der Waals surface area contributed by atoms with Gasteiger partial charge in [0.2, 0.25) is 0 Å². The van der Waals surface area contributed by atoms with Crippen LogP contribution in [0, 0.1) is 0 Å². The third-order valence-electron chi connectivity index (χ3n) is 6.75. The molecule has 0 aromatic heterocycles. The minimum Gasteiger partial charge on any atom is -0.493 e. The third-order valence-corrected chi connectivity index (χ3v) is 6.75. The molecule has 2 fully saturated rings. The SMILES string of the molecule is COc1ccc([C@]23CCN(C)[C@H]2C[C@H](O)CC3c2ccccc2)cc1OC. The Labute approximate surface area is 161 Å². The number of fused-ring (bicyclic) bond motifs is 1. The van der Waals surface area contributed by atoms with Crippen LogP contribution in [0.3, 0.4) is 0 Å². The van der Waals surface area contributed by atoms with Gasteiger partial charge in [0.1, 0.15) is 0 Å². The number of likely N-dealkylation sites (N-methyl/N-ethyl adjacent to an activating group) is 1. The van der Waals surface area contributed by atoms with E-state index in [1.807, 2.05) is 6.07 Å². The molecule has 0 radical (unpaired) electrons. The first-order valence-corrected chi connectivity index (χ1v) is 9.76. The largest absolute Gasteiger partial charge is 0.493 e. The Morgan fingerprint density at radius 2 is 1.74 bits per heavy atom. The van der Waals surface area contributed by atoms with Gasteiger partial charge in [-0.3, -0.25) is 0 Å². The second-order valence-electron chi connectivity index (χ2n) is 7.95. The second kappa shape index (κ2) is 7.17. The van der Waals surface area contributed by atoms with Crippen LogP contribution >= 0.6 is 0 Å². The smallest absolute Gasteiger partial charge is 0.161 e. The molecule has 144 valence electrons. The predicted octanol–water partition coefficient (Wildman–Crippen LogP) is 3.58. The zero-order valence-electron chi connectivity index (χ0n) is 16.4. The van der Waals surface area contributed by atoms with Crippen molar-refractivity contribution in [2.45, 2.75) is 42.7 Å². The van der Waals surface area contributed by atoms with Gasteiger partial charge in [-0.25, -0.2) is 0 Å². The Morgan fingerprint density at radius 1 is 1.00 bits per heavy atom. The fourth-order valence-corrected chi connectivity index (χ4v) is 5.49. The molecule has 1 aliphatic carbocycles. The molecule has 4 nitrogen and oxygen atoms in total. The van der Waals surface area contributed by atoms with Gasteiger partial charge in [0.05, 0.1) is 20.3 Å². The lowest BCUT2D eigenvalue weighted by atomic mass is 9.57. The zero-order chi connectivity index (χ0) is 19.0.